The smallest absolute Gasteiger partial charge is 0.331 e. The largest absolute Gasteiger partial charge is 0.466 e. The maximum atomic E-state index is 11.1. The van der Waals surface area contributed by atoms with Crippen molar-refractivity contribution in [2.24, 2.45) is 0 Å². The summed E-state index contributed by atoms with van der Waals surface area (Å²) in [5.41, 5.74) is 0. The topological polar surface area (TPSA) is 55.8 Å². The molecule has 1 fully saturated rings. The zero-order chi connectivity index (χ0) is 11.8. The van der Waals surface area contributed by atoms with Crippen LogP contribution in [-0.4, -0.2) is 50.2 Å². The lowest BCUT2D eigenvalue weighted by Gasteiger charge is -2.13. The van der Waals surface area contributed by atoms with Gasteiger partial charge in [0.2, 0.25) is 0 Å². The van der Waals surface area contributed by atoms with Gasteiger partial charge in [0.15, 0.2) is 0 Å². The van der Waals surface area contributed by atoms with E-state index in [0.717, 1.165) is 31.8 Å². The molecule has 1 saturated heterocycles. The summed E-state index contributed by atoms with van der Waals surface area (Å²) < 4.78 is 9.27. The summed E-state index contributed by atoms with van der Waals surface area (Å²) in [6.07, 6.45) is 4.57. The normalized spacial score (nSPS) is 15.6. The van der Waals surface area contributed by atoms with Crippen LogP contribution in [-0.2, 0) is 19.1 Å². The third-order valence-electron chi connectivity index (χ3n) is 2.41. The van der Waals surface area contributed by atoms with Crippen LogP contribution in [0.1, 0.15) is 12.8 Å². The Labute approximate surface area is 107 Å². The van der Waals surface area contributed by atoms with Gasteiger partial charge < -0.3 is 9.47 Å². The molecule has 0 radical (unpaired) electrons. The van der Waals surface area contributed by atoms with Crippen molar-refractivity contribution in [3.05, 3.63) is 12.2 Å². The average molecular weight is 264 g/mol. The van der Waals surface area contributed by atoms with Gasteiger partial charge in [-0.25, -0.2) is 9.59 Å². The number of carbonyl (C=O) groups excluding carboxylic acids is 2. The van der Waals surface area contributed by atoms with Crippen LogP contribution in [0.5, 0.6) is 0 Å². The van der Waals surface area contributed by atoms with Gasteiger partial charge >= 0.3 is 11.9 Å². The molecule has 5 nitrogen and oxygen atoms in total. The molecule has 0 spiro atoms. The third kappa shape index (κ3) is 6.97. The molecule has 0 N–H and O–H groups in total. The van der Waals surface area contributed by atoms with Gasteiger partial charge in [-0.15, -0.1) is 12.4 Å². The van der Waals surface area contributed by atoms with E-state index < -0.39 is 11.9 Å². The fourth-order valence-electron chi connectivity index (χ4n) is 1.53. The third-order valence-corrected chi connectivity index (χ3v) is 2.41. The highest BCUT2D eigenvalue weighted by Crippen LogP contribution is 2.05. The number of rotatable bonds is 5. The van der Waals surface area contributed by atoms with Gasteiger partial charge in [0.1, 0.15) is 6.61 Å². The minimum Gasteiger partial charge on any atom is -0.466 e. The van der Waals surface area contributed by atoms with Gasteiger partial charge in [0.05, 0.1) is 7.11 Å². The first kappa shape index (κ1) is 15.9. The van der Waals surface area contributed by atoms with Crippen LogP contribution in [0.3, 0.4) is 0 Å². The highest BCUT2D eigenvalue weighted by atomic mass is 35.5. The summed E-state index contributed by atoms with van der Waals surface area (Å²) >= 11 is 0. The molecule has 0 bridgehead atoms. The van der Waals surface area contributed by atoms with E-state index in [-0.39, 0.29) is 12.4 Å². The monoisotopic (exact) mass is 263 g/mol. The molecule has 0 unspecified atom stereocenters. The van der Waals surface area contributed by atoms with Crippen LogP contribution >= 0.6 is 12.4 Å². The second kappa shape index (κ2) is 9.01. The van der Waals surface area contributed by atoms with Gasteiger partial charge in [0.25, 0.3) is 0 Å². The van der Waals surface area contributed by atoms with Crippen molar-refractivity contribution in [1.82, 2.24) is 4.90 Å². The average Bonchev–Trinajstić information content (AvgIpc) is 2.79. The molecule has 6 heteroatoms. The maximum Gasteiger partial charge on any atom is 0.331 e. The van der Waals surface area contributed by atoms with E-state index in [1.54, 1.807) is 0 Å². The number of ether oxygens (including phenoxy) is 2. The molecule has 0 aromatic heterocycles. The van der Waals surface area contributed by atoms with E-state index >= 15 is 0 Å². The zero-order valence-corrected chi connectivity index (χ0v) is 10.7. The standard InChI is InChI=1S/C11H17NO4.ClH/c1-15-10(13)4-5-11(14)16-9-8-12-6-2-3-7-12;/h4-5H,2-3,6-9H2,1H3;1H/b5-4+;. The maximum absolute atomic E-state index is 11.1. The first-order valence-electron chi connectivity index (χ1n) is 5.37. The minimum absolute atomic E-state index is 0. The highest BCUT2D eigenvalue weighted by Gasteiger charge is 2.11. The molecule has 1 aliphatic heterocycles. The van der Waals surface area contributed by atoms with E-state index in [2.05, 4.69) is 9.64 Å². The van der Waals surface area contributed by atoms with E-state index in [4.69, 9.17) is 4.74 Å². The summed E-state index contributed by atoms with van der Waals surface area (Å²) in [7, 11) is 1.26. The summed E-state index contributed by atoms with van der Waals surface area (Å²) in [4.78, 5) is 24.0. The van der Waals surface area contributed by atoms with Crippen LogP contribution in [0.2, 0.25) is 0 Å². The Bertz CT molecular complexity index is 275. The molecule has 0 aliphatic carbocycles. The predicted molar refractivity (Wildman–Crippen MR) is 65.0 cm³/mol. The number of methoxy groups -OCH3 is 1. The fourth-order valence-corrected chi connectivity index (χ4v) is 1.53. The van der Waals surface area contributed by atoms with Crippen molar-refractivity contribution < 1.29 is 19.1 Å². The number of halogens is 1. The lowest BCUT2D eigenvalue weighted by atomic mass is 10.4. The second-order valence-corrected chi connectivity index (χ2v) is 3.57. The summed E-state index contributed by atoms with van der Waals surface area (Å²) in [5, 5.41) is 0. The molecule has 0 aromatic rings. The lowest BCUT2D eigenvalue weighted by Crippen LogP contribution is -2.24. The van der Waals surface area contributed by atoms with Gasteiger partial charge in [-0.1, -0.05) is 0 Å². The van der Waals surface area contributed by atoms with E-state index in [1.807, 2.05) is 0 Å². The van der Waals surface area contributed by atoms with Crippen LogP contribution in [0.4, 0.5) is 0 Å². The summed E-state index contributed by atoms with van der Waals surface area (Å²) in [6.45, 7) is 3.28. The molecule has 17 heavy (non-hydrogen) atoms. The predicted octanol–water partition coefficient (Wildman–Crippen LogP) is 0.776. The minimum atomic E-state index is -0.559. The van der Waals surface area contributed by atoms with E-state index in [1.165, 1.54) is 20.0 Å². The Morgan fingerprint density at radius 1 is 1.18 bits per heavy atom. The molecular weight excluding hydrogens is 246 g/mol. The molecule has 1 aliphatic rings. The van der Waals surface area contributed by atoms with Crippen molar-refractivity contribution >= 4 is 24.3 Å². The summed E-state index contributed by atoms with van der Waals surface area (Å²) in [5.74, 6) is -1.07. The molecular formula is C11H18ClNO4. The SMILES string of the molecule is COC(=O)/C=C/C(=O)OCCN1CCCC1.Cl. The number of hydrogen-bond donors (Lipinski definition) is 0. The van der Waals surface area contributed by atoms with Crippen LogP contribution < -0.4 is 0 Å². The summed E-state index contributed by atoms with van der Waals surface area (Å²) in [6, 6.07) is 0. The van der Waals surface area contributed by atoms with Crippen LogP contribution in [0.15, 0.2) is 12.2 Å². The first-order chi connectivity index (χ1) is 7.72. The van der Waals surface area contributed by atoms with E-state index in [0.29, 0.717) is 6.61 Å². The fraction of sp³-hybridized carbons (Fsp3) is 0.636. The van der Waals surface area contributed by atoms with Crippen molar-refractivity contribution in [3.63, 3.8) is 0 Å². The molecule has 1 heterocycles. The number of likely N-dealkylation sites (tertiary alicyclic amines) is 1. The Morgan fingerprint density at radius 3 is 2.35 bits per heavy atom. The van der Waals surface area contributed by atoms with Crippen molar-refractivity contribution in [2.45, 2.75) is 12.8 Å². The Hall–Kier alpha value is -1.07. The first-order valence-corrected chi connectivity index (χ1v) is 5.37. The van der Waals surface area contributed by atoms with Gasteiger partial charge in [-0.2, -0.15) is 0 Å². The van der Waals surface area contributed by atoms with Crippen molar-refractivity contribution in [1.29, 1.82) is 0 Å². The highest BCUT2D eigenvalue weighted by molar-refractivity contribution is 5.91. The molecule has 98 valence electrons. The van der Waals surface area contributed by atoms with Gasteiger partial charge in [0, 0.05) is 18.7 Å². The number of hydrogen-bond acceptors (Lipinski definition) is 5. The number of nitrogens with zero attached hydrogens (tertiary/aromatic N) is 1. The molecule has 0 aromatic carbocycles. The van der Waals surface area contributed by atoms with Crippen molar-refractivity contribution in [3.8, 4) is 0 Å². The lowest BCUT2D eigenvalue weighted by molar-refractivity contribution is -0.139. The van der Waals surface area contributed by atoms with Crippen LogP contribution in [0.25, 0.3) is 0 Å². The van der Waals surface area contributed by atoms with Gasteiger partial charge in [-0.3, -0.25) is 4.90 Å². The zero-order valence-electron chi connectivity index (χ0n) is 9.89. The molecule has 0 atom stereocenters. The molecule has 1 rings (SSSR count). The van der Waals surface area contributed by atoms with Crippen molar-refractivity contribution in [2.75, 3.05) is 33.4 Å². The quantitative estimate of drug-likeness (QED) is 0.542. The Kier molecular flexibility index (Phi) is 8.44. The molecule has 0 amide bonds. The second-order valence-electron chi connectivity index (χ2n) is 3.57. The number of carbonyl (C=O) groups is 2. The van der Waals surface area contributed by atoms with E-state index in [9.17, 15) is 9.59 Å². The number of esters is 2. The van der Waals surface area contributed by atoms with Gasteiger partial charge in [-0.05, 0) is 25.9 Å². The molecule has 0 saturated carbocycles. The Balaban J connectivity index is 0.00000256. The van der Waals surface area contributed by atoms with Crippen LogP contribution in [0, 0.1) is 0 Å². The Morgan fingerprint density at radius 2 is 1.76 bits per heavy atom.